The van der Waals surface area contributed by atoms with Crippen molar-refractivity contribution in [2.24, 2.45) is 0 Å². The molecule has 2 nitrogen and oxygen atoms in total. The van der Waals surface area contributed by atoms with Gasteiger partial charge in [-0.3, -0.25) is 0 Å². The second-order valence-electron chi connectivity index (χ2n) is 4.90. The van der Waals surface area contributed by atoms with E-state index in [0.717, 1.165) is 25.9 Å². The Bertz CT molecular complexity index is 278. The molecule has 1 fully saturated rings. The van der Waals surface area contributed by atoms with E-state index in [1.54, 1.807) is 0 Å². The van der Waals surface area contributed by atoms with Crippen LogP contribution in [-0.2, 0) is 9.47 Å². The predicted octanol–water partition coefficient (Wildman–Crippen LogP) is 4.44. The van der Waals surface area contributed by atoms with E-state index in [1.165, 1.54) is 24.0 Å². The van der Waals surface area contributed by atoms with Crippen LogP contribution < -0.4 is 0 Å². The van der Waals surface area contributed by atoms with Crippen molar-refractivity contribution in [3.05, 3.63) is 23.3 Å². The summed E-state index contributed by atoms with van der Waals surface area (Å²) in [4.78, 5) is 0. The largest absolute Gasteiger partial charge is 0.353 e. The van der Waals surface area contributed by atoms with Gasteiger partial charge in [-0.1, -0.05) is 23.3 Å². The first-order valence-electron chi connectivity index (χ1n) is 6.83. The van der Waals surface area contributed by atoms with Crippen LogP contribution in [0, 0.1) is 0 Å². The van der Waals surface area contributed by atoms with Gasteiger partial charge in [-0.25, -0.2) is 0 Å². The molecule has 1 rings (SSSR count). The van der Waals surface area contributed by atoms with Gasteiger partial charge in [0.1, 0.15) is 0 Å². The lowest BCUT2D eigenvalue weighted by Crippen LogP contribution is -2.22. The lowest BCUT2D eigenvalue weighted by atomic mass is 10.1. The van der Waals surface area contributed by atoms with Crippen molar-refractivity contribution in [3.63, 3.8) is 0 Å². The molecule has 0 aromatic rings. The fourth-order valence-corrected chi connectivity index (χ4v) is 1.95. The molecule has 0 aromatic carbocycles. The van der Waals surface area contributed by atoms with Crippen LogP contribution >= 0.6 is 11.6 Å². The molecule has 0 saturated carbocycles. The molecule has 1 atom stereocenters. The summed E-state index contributed by atoms with van der Waals surface area (Å²) in [6.45, 7) is 5.72. The van der Waals surface area contributed by atoms with Crippen molar-refractivity contribution in [1.29, 1.82) is 0 Å². The van der Waals surface area contributed by atoms with Crippen molar-refractivity contribution in [2.45, 2.75) is 52.2 Å². The summed E-state index contributed by atoms with van der Waals surface area (Å²) in [6, 6.07) is 0. The standard InChI is InChI=1S/C15H25ClO2/c1-13(6-5-7-14(2)12-16)9-11-18-15-8-3-4-10-17-15/h7,9,15H,3-6,8,10-12H2,1-2H3/b13-9+,14-7-. The highest BCUT2D eigenvalue weighted by atomic mass is 35.5. The Morgan fingerprint density at radius 2 is 2.11 bits per heavy atom. The zero-order valence-electron chi connectivity index (χ0n) is 11.6. The Labute approximate surface area is 116 Å². The molecule has 1 aliphatic heterocycles. The first-order chi connectivity index (χ1) is 8.72. The molecule has 0 radical (unpaired) electrons. The number of hydrogen-bond acceptors (Lipinski definition) is 2. The molecule has 18 heavy (non-hydrogen) atoms. The topological polar surface area (TPSA) is 18.5 Å². The van der Waals surface area contributed by atoms with Gasteiger partial charge in [0.25, 0.3) is 0 Å². The maximum Gasteiger partial charge on any atom is 0.157 e. The maximum absolute atomic E-state index is 5.72. The lowest BCUT2D eigenvalue weighted by molar-refractivity contribution is -0.155. The third-order valence-electron chi connectivity index (χ3n) is 3.09. The summed E-state index contributed by atoms with van der Waals surface area (Å²) in [5.74, 6) is 0.630. The summed E-state index contributed by atoms with van der Waals surface area (Å²) in [5, 5.41) is 0. The second-order valence-corrected chi connectivity index (χ2v) is 5.17. The van der Waals surface area contributed by atoms with E-state index < -0.39 is 0 Å². The van der Waals surface area contributed by atoms with Crippen LogP contribution in [0.5, 0.6) is 0 Å². The fourth-order valence-electron chi connectivity index (χ4n) is 1.84. The van der Waals surface area contributed by atoms with Crippen molar-refractivity contribution in [2.75, 3.05) is 19.1 Å². The molecule has 0 aliphatic carbocycles. The zero-order valence-corrected chi connectivity index (χ0v) is 12.3. The zero-order chi connectivity index (χ0) is 13.2. The van der Waals surface area contributed by atoms with Gasteiger partial charge in [0.2, 0.25) is 0 Å². The summed E-state index contributed by atoms with van der Waals surface area (Å²) in [5.41, 5.74) is 2.61. The number of alkyl halides is 1. The van der Waals surface area contributed by atoms with Gasteiger partial charge in [-0.15, -0.1) is 11.6 Å². The normalized spacial score (nSPS) is 22.3. The number of hydrogen-bond donors (Lipinski definition) is 0. The average molecular weight is 273 g/mol. The molecule has 3 heteroatoms. The number of halogens is 1. The molecule has 104 valence electrons. The van der Waals surface area contributed by atoms with E-state index in [2.05, 4.69) is 26.0 Å². The Morgan fingerprint density at radius 1 is 1.28 bits per heavy atom. The molecule has 0 spiro atoms. The van der Waals surface area contributed by atoms with Gasteiger partial charge in [0.05, 0.1) is 6.61 Å². The minimum absolute atomic E-state index is 0.0150. The summed E-state index contributed by atoms with van der Waals surface area (Å²) in [7, 11) is 0. The average Bonchev–Trinajstić information content (AvgIpc) is 2.39. The third kappa shape index (κ3) is 7.20. The van der Waals surface area contributed by atoms with Crippen molar-refractivity contribution < 1.29 is 9.47 Å². The van der Waals surface area contributed by atoms with Crippen LogP contribution in [0.25, 0.3) is 0 Å². The van der Waals surface area contributed by atoms with Gasteiger partial charge in [0.15, 0.2) is 6.29 Å². The summed E-state index contributed by atoms with van der Waals surface area (Å²) < 4.78 is 11.2. The Morgan fingerprint density at radius 3 is 2.78 bits per heavy atom. The summed E-state index contributed by atoms with van der Waals surface area (Å²) in [6.07, 6.45) is 9.92. The van der Waals surface area contributed by atoms with Crippen molar-refractivity contribution >= 4 is 11.6 Å². The van der Waals surface area contributed by atoms with Crippen molar-refractivity contribution in [3.8, 4) is 0 Å². The van der Waals surface area contributed by atoms with Crippen LogP contribution in [-0.4, -0.2) is 25.4 Å². The van der Waals surface area contributed by atoms with Crippen molar-refractivity contribution in [1.82, 2.24) is 0 Å². The smallest absolute Gasteiger partial charge is 0.157 e. The molecule has 1 aliphatic rings. The molecular formula is C15H25ClO2. The highest BCUT2D eigenvalue weighted by Crippen LogP contribution is 2.14. The molecule has 1 heterocycles. The van der Waals surface area contributed by atoms with Crippen LogP contribution in [0.3, 0.4) is 0 Å². The monoisotopic (exact) mass is 272 g/mol. The Balaban J connectivity index is 2.12. The Kier molecular flexibility index (Phi) is 8.40. The van der Waals surface area contributed by atoms with Gasteiger partial charge in [-0.2, -0.15) is 0 Å². The number of rotatable bonds is 7. The van der Waals surface area contributed by atoms with Gasteiger partial charge in [0, 0.05) is 12.5 Å². The lowest BCUT2D eigenvalue weighted by Gasteiger charge is -2.22. The highest BCUT2D eigenvalue weighted by Gasteiger charge is 2.12. The van der Waals surface area contributed by atoms with Crippen LogP contribution in [0.15, 0.2) is 23.3 Å². The predicted molar refractivity (Wildman–Crippen MR) is 77.0 cm³/mol. The van der Waals surface area contributed by atoms with E-state index in [9.17, 15) is 0 Å². The molecule has 0 aromatic heterocycles. The molecule has 1 unspecified atom stereocenters. The van der Waals surface area contributed by atoms with E-state index in [1.807, 2.05) is 0 Å². The molecular weight excluding hydrogens is 248 g/mol. The molecule has 0 N–H and O–H groups in total. The Hall–Kier alpha value is -0.310. The SMILES string of the molecule is C/C(=C/CC/C(C)=C/COC1CCCCO1)CCl. The van der Waals surface area contributed by atoms with E-state index in [0.29, 0.717) is 12.5 Å². The number of ether oxygens (including phenoxy) is 2. The maximum atomic E-state index is 5.72. The number of allylic oxidation sites excluding steroid dienone is 3. The van der Waals surface area contributed by atoms with Crippen LogP contribution in [0.4, 0.5) is 0 Å². The molecule has 1 saturated heterocycles. The summed E-state index contributed by atoms with van der Waals surface area (Å²) >= 11 is 5.72. The first kappa shape index (κ1) is 15.7. The molecule has 0 bridgehead atoms. The quantitative estimate of drug-likeness (QED) is 0.504. The first-order valence-corrected chi connectivity index (χ1v) is 7.36. The minimum atomic E-state index is 0.0150. The van der Waals surface area contributed by atoms with E-state index >= 15 is 0 Å². The van der Waals surface area contributed by atoms with Gasteiger partial charge < -0.3 is 9.47 Å². The van der Waals surface area contributed by atoms with Crippen LogP contribution in [0.2, 0.25) is 0 Å². The second kappa shape index (κ2) is 9.60. The van der Waals surface area contributed by atoms with Gasteiger partial charge in [-0.05, 0) is 46.0 Å². The highest BCUT2D eigenvalue weighted by molar-refractivity contribution is 6.19. The van der Waals surface area contributed by atoms with E-state index in [-0.39, 0.29) is 6.29 Å². The van der Waals surface area contributed by atoms with Gasteiger partial charge >= 0.3 is 0 Å². The van der Waals surface area contributed by atoms with E-state index in [4.69, 9.17) is 21.1 Å². The molecule has 0 amide bonds. The van der Waals surface area contributed by atoms with Crippen LogP contribution in [0.1, 0.15) is 46.0 Å². The fraction of sp³-hybridized carbons (Fsp3) is 0.733. The minimum Gasteiger partial charge on any atom is -0.353 e. The third-order valence-corrected chi connectivity index (χ3v) is 3.52.